The van der Waals surface area contributed by atoms with Crippen molar-refractivity contribution < 1.29 is 33.0 Å². The van der Waals surface area contributed by atoms with Crippen molar-refractivity contribution in [3.63, 3.8) is 0 Å². The van der Waals surface area contributed by atoms with Gasteiger partial charge in [0, 0.05) is 25.3 Å². The second kappa shape index (κ2) is 21.7. The molecule has 8 heteroatoms. The van der Waals surface area contributed by atoms with Gasteiger partial charge in [0.05, 0.1) is 38.1 Å². The van der Waals surface area contributed by atoms with E-state index in [2.05, 4.69) is 48.5 Å². The highest BCUT2D eigenvalue weighted by Gasteiger charge is 2.45. The van der Waals surface area contributed by atoms with Crippen LogP contribution in [-0.4, -0.2) is 51.6 Å². The summed E-state index contributed by atoms with van der Waals surface area (Å²) in [4.78, 5) is 26.4. The van der Waals surface area contributed by atoms with Gasteiger partial charge in [0.15, 0.2) is 8.32 Å². The summed E-state index contributed by atoms with van der Waals surface area (Å²) in [7, 11) is -0.238. The number of hydrogen-bond donors (Lipinski definition) is 0. The zero-order valence-corrected chi connectivity index (χ0v) is 33.9. The number of carbonyl (C=O) groups excluding carboxylic acids is 2. The number of benzene rings is 2. The summed E-state index contributed by atoms with van der Waals surface area (Å²) in [6, 6.07) is 20.6. The first-order chi connectivity index (χ1) is 24.5. The van der Waals surface area contributed by atoms with Gasteiger partial charge in [0.2, 0.25) is 0 Å². The molecule has 2 aromatic rings. The van der Waals surface area contributed by atoms with Gasteiger partial charge in [-0.25, -0.2) is 4.79 Å². The Morgan fingerprint density at radius 2 is 1.51 bits per heavy atom. The van der Waals surface area contributed by atoms with E-state index < -0.39 is 20.4 Å². The molecule has 0 bridgehead atoms. The monoisotopic (exact) mass is 722 g/mol. The first-order valence-electron chi connectivity index (χ1n) is 19.4. The van der Waals surface area contributed by atoms with E-state index in [1.54, 1.807) is 13.2 Å². The van der Waals surface area contributed by atoms with E-state index in [0.717, 1.165) is 54.3 Å². The van der Waals surface area contributed by atoms with E-state index in [-0.39, 0.29) is 42.5 Å². The van der Waals surface area contributed by atoms with Gasteiger partial charge >= 0.3 is 5.97 Å². The van der Waals surface area contributed by atoms with Crippen LogP contribution in [0.25, 0.3) is 0 Å². The fraction of sp³-hybridized carbons (Fsp3) is 0.628. The molecular weight excluding hydrogens is 657 g/mol. The summed E-state index contributed by atoms with van der Waals surface area (Å²) in [5.41, 5.74) is 1.89. The van der Waals surface area contributed by atoms with Crippen LogP contribution in [0, 0.1) is 23.7 Å². The molecule has 51 heavy (non-hydrogen) atoms. The number of hydrogen-bond acceptors (Lipinski definition) is 7. The van der Waals surface area contributed by atoms with Crippen LogP contribution >= 0.6 is 0 Å². The molecule has 0 saturated carbocycles. The highest BCUT2D eigenvalue weighted by Crippen LogP contribution is 2.39. The van der Waals surface area contributed by atoms with Gasteiger partial charge in [-0.2, -0.15) is 0 Å². The van der Waals surface area contributed by atoms with E-state index in [1.807, 2.05) is 61.5 Å². The molecule has 0 radical (unpaired) electrons. The van der Waals surface area contributed by atoms with Gasteiger partial charge < -0.3 is 23.4 Å². The predicted molar refractivity (Wildman–Crippen MR) is 208 cm³/mol. The molecule has 1 heterocycles. The molecule has 0 amide bonds. The predicted octanol–water partition coefficient (Wildman–Crippen LogP) is 10.1. The van der Waals surface area contributed by atoms with Crippen LogP contribution in [0.2, 0.25) is 18.1 Å². The van der Waals surface area contributed by atoms with Crippen molar-refractivity contribution >= 4 is 20.1 Å². The first kappa shape index (κ1) is 42.6. The number of esters is 1. The van der Waals surface area contributed by atoms with Gasteiger partial charge in [-0.15, -0.1) is 0 Å². The molecule has 284 valence electrons. The Hall–Kier alpha value is -2.78. The van der Waals surface area contributed by atoms with Crippen molar-refractivity contribution in [3.8, 4) is 5.75 Å². The zero-order valence-electron chi connectivity index (χ0n) is 32.9. The standard InChI is InChI=1S/C43H66O7Si/c1-10-31(5)25-32(6)40-28-41(50-51(11-2,12-3)13-4)43(49-40)34(8)27-37(44)26-33(7)39(47-29-36-19-21-38(46-9)22-20-36)23-24-42(45)48-30-35-17-15-14-16-18-35/h14-24,31-34,39-41,43H,10-13,25-30H2,1-9H3/b24-23+/t31-,32-,33-,34-,39+,40-,41-,43-/m0/s1. The van der Waals surface area contributed by atoms with E-state index in [4.69, 9.17) is 23.4 Å². The molecule has 0 spiro atoms. The van der Waals surface area contributed by atoms with Gasteiger partial charge in [-0.05, 0) is 77.6 Å². The maximum absolute atomic E-state index is 13.8. The van der Waals surface area contributed by atoms with Gasteiger partial charge in [-0.1, -0.05) is 104 Å². The minimum Gasteiger partial charge on any atom is -0.497 e. The smallest absolute Gasteiger partial charge is 0.330 e. The third kappa shape index (κ3) is 13.6. The summed E-state index contributed by atoms with van der Waals surface area (Å²) in [6.45, 7) is 18.4. The number of methoxy groups -OCH3 is 1. The lowest BCUT2D eigenvalue weighted by molar-refractivity contribution is -0.139. The van der Waals surface area contributed by atoms with E-state index in [1.165, 1.54) is 6.08 Å². The fourth-order valence-electron chi connectivity index (χ4n) is 7.27. The highest BCUT2D eigenvalue weighted by molar-refractivity contribution is 6.73. The van der Waals surface area contributed by atoms with Crippen LogP contribution in [0.15, 0.2) is 66.7 Å². The van der Waals surface area contributed by atoms with Crippen molar-refractivity contribution in [3.05, 3.63) is 77.9 Å². The van der Waals surface area contributed by atoms with E-state index in [9.17, 15) is 9.59 Å². The van der Waals surface area contributed by atoms with Crippen LogP contribution in [0.1, 0.15) is 98.6 Å². The van der Waals surface area contributed by atoms with Crippen LogP contribution in [0.3, 0.4) is 0 Å². The minimum absolute atomic E-state index is 0.0199. The topological polar surface area (TPSA) is 80.3 Å². The number of ketones is 1. The van der Waals surface area contributed by atoms with Gasteiger partial charge in [0.1, 0.15) is 18.1 Å². The van der Waals surface area contributed by atoms with Crippen LogP contribution in [0.4, 0.5) is 0 Å². The third-order valence-corrected chi connectivity index (χ3v) is 15.7. The number of Topliss-reactive ketones (excluding diaryl/α,β-unsaturated/α-hetero) is 1. The van der Waals surface area contributed by atoms with E-state index in [0.29, 0.717) is 31.3 Å². The van der Waals surface area contributed by atoms with Crippen LogP contribution in [-0.2, 0) is 41.4 Å². The van der Waals surface area contributed by atoms with Crippen LogP contribution < -0.4 is 4.74 Å². The van der Waals surface area contributed by atoms with Crippen molar-refractivity contribution in [2.75, 3.05) is 7.11 Å². The molecule has 2 aromatic carbocycles. The molecule has 0 unspecified atom stereocenters. The Morgan fingerprint density at radius 3 is 2.12 bits per heavy atom. The Kier molecular flexibility index (Phi) is 18.1. The largest absolute Gasteiger partial charge is 0.497 e. The molecule has 7 nitrogen and oxygen atoms in total. The van der Waals surface area contributed by atoms with Crippen LogP contribution in [0.5, 0.6) is 5.75 Å². The summed E-state index contributed by atoms with van der Waals surface area (Å²) in [5, 5.41) is 0. The van der Waals surface area contributed by atoms with Crippen molar-refractivity contribution in [2.24, 2.45) is 23.7 Å². The van der Waals surface area contributed by atoms with Crippen molar-refractivity contribution in [2.45, 2.75) is 143 Å². The SMILES string of the molecule is CC[C@H](C)C[C@H](C)[C@@H]1C[C@H](O[Si](CC)(CC)CC)[C@H]([C@@H](C)CC(=O)C[C@H](C)[C@@H](/C=C/C(=O)OCc2ccccc2)OCc2ccc(OC)cc2)O1. The molecule has 8 atom stereocenters. The molecule has 0 aliphatic carbocycles. The van der Waals surface area contributed by atoms with Crippen molar-refractivity contribution in [1.29, 1.82) is 0 Å². The maximum atomic E-state index is 13.8. The third-order valence-electron chi connectivity index (χ3n) is 11.1. The minimum atomic E-state index is -1.87. The molecular formula is C43H66O7Si. The molecule has 1 fully saturated rings. The van der Waals surface area contributed by atoms with Crippen molar-refractivity contribution in [1.82, 2.24) is 0 Å². The summed E-state index contributed by atoms with van der Waals surface area (Å²) < 4.78 is 31.1. The summed E-state index contributed by atoms with van der Waals surface area (Å²) >= 11 is 0. The Balaban J connectivity index is 1.70. The number of ether oxygens (including phenoxy) is 4. The molecule has 3 rings (SSSR count). The van der Waals surface area contributed by atoms with E-state index >= 15 is 0 Å². The molecule has 0 N–H and O–H groups in total. The average molecular weight is 723 g/mol. The lowest BCUT2D eigenvalue weighted by Gasteiger charge is -2.35. The Morgan fingerprint density at radius 1 is 0.863 bits per heavy atom. The Bertz CT molecular complexity index is 1320. The number of carbonyl (C=O) groups is 2. The lowest BCUT2D eigenvalue weighted by Crippen LogP contribution is -2.44. The molecule has 0 aromatic heterocycles. The quantitative estimate of drug-likeness (QED) is 0.0642. The molecule has 1 aliphatic heterocycles. The second-order valence-electron chi connectivity index (χ2n) is 15.0. The summed E-state index contributed by atoms with van der Waals surface area (Å²) in [5.74, 6) is 1.43. The zero-order chi connectivity index (χ0) is 37.4. The Labute approximate surface area is 310 Å². The molecule has 1 aliphatic rings. The van der Waals surface area contributed by atoms with Gasteiger partial charge in [0.25, 0.3) is 0 Å². The average Bonchev–Trinajstić information content (AvgIpc) is 3.57. The normalized spacial score (nSPS) is 20.8. The number of rotatable bonds is 23. The fourth-order valence-corrected chi connectivity index (χ4v) is 10.1. The first-order valence-corrected chi connectivity index (χ1v) is 22.0. The lowest BCUT2D eigenvalue weighted by atomic mass is 9.88. The highest BCUT2D eigenvalue weighted by atomic mass is 28.4. The maximum Gasteiger partial charge on any atom is 0.330 e. The summed E-state index contributed by atoms with van der Waals surface area (Å²) in [6.07, 6.45) is 6.68. The molecule has 1 saturated heterocycles. The second-order valence-corrected chi connectivity index (χ2v) is 19.7. The van der Waals surface area contributed by atoms with Gasteiger partial charge in [-0.3, -0.25) is 4.79 Å².